The van der Waals surface area contributed by atoms with Crippen molar-refractivity contribution in [1.29, 1.82) is 0 Å². The minimum absolute atomic E-state index is 0.168. The number of hydrogen-bond donors (Lipinski definition) is 1. The molecule has 0 unspecified atom stereocenters. The van der Waals surface area contributed by atoms with E-state index in [1.165, 1.54) is 6.07 Å². The lowest BCUT2D eigenvalue weighted by Gasteiger charge is -2.18. The largest absolute Gasteiger partial charge is 0.275 e. The van der Waals surface area contributed by atoms with E-state index < -0.39 is 0 Å². The molecule has 19 heavy (non-hydrogen) atoms. The third-order valence-corrected chi connectivity index (χ3v) is 2.60. The molecular weight excluding hydrogens is 264 g/mol. The predicted octanol–water partition coefficient (Wildman–Crippen LogP) is 3.35. The number of amides is 1. The molecule has 0 aliphatic rings. The molecule has 0 aliphatic carbocycles. The summed E-state index contributed by atoms with van der Waals surface area (Å²) in [5, 5.41) is 0.307. The highest BCUT2D eigenvalue weighted by Gasteiger charge is 2.19. The summed E-state index contributed by atoms with van der Waals surface area (Å²) < 4.78 is 0. The Morgan fingerprint density at radius 1 is 1.42 bits per heavy atom. The van der Waals surface area contributed by atoms with Crippen LogP contribution >= 0.6 is 11.6 Å². The van der Waals surface area contributed by atoms with Gasteiger partial charge >= 0.3 is 0 Å². The van der Waals surface area contributed by atoms with Gasteiger partial charge in [-0.2, -0.15) is 0 Å². The summed E-state index contributed by atoms with van der Waals surface area (Å²) in [7, 11) is 0. The Kier molecular flexibility index (Phi) is 5.32. The Morgan fingerprint density at radius 3 is 2.58 bits per heavy atom. The highest BCUT2D eigenvalue weighted by Crippen LogP contribution is 2.23. The maximum Gasteiger partial charge on any atom is 0.275 e. The van der Waals surface area contributed by atoms with Crippen LogP contribution in [0.2, 0.25) is 5.15 Å². The zero-order valence-corrected chi connectivity index (χ0v) is 12.8. The van der Waals surface area contributed by atoms with E-state index in [-0.39, 0.29) is 11.3 Å². The normalized spacial score (nSPS) is 11.7. The number of hydroxylamine groups is 1. The molecule has 0 radical (unpaired) electrons. The number of rotatable bonds is 4. The summed E-state index contributed by atoms with van der Waals surface area (Å²) >= 11 is 5.95. The first-order valence-corrected chi connectivity index (χ1v) is 6.68. The van der Waals surface area contributed by atoms with Crippen molar-refractivity contribution in [2.75, 3.05) is 6.61 Å². The number of nitrogens with one attached hydrogen (secondary N) is 1. The van der Waals surface area contributed by atoms with Crippen LogP contribution in [0.1, 0.15) is 50.7 Å². The molecule has 1 aromatic heterocycles. The second kappa shape index (κ2) is 6.35. The minimum Gasteiger partial charge on any atom is -0.273 e. The summed E-state index contributed by atoms with van der Waals surface area (Å²) in [6.07, 6.45) is 0. The SMILES string of the molecule is CC(C)CONC(=O)c1cc(Cl)nc(C(C)(C)C)c1. The third kappa shape index (κ3) is 5.17. The predicted molar refractivity (Wildman–Crippen MR) is 76.2 cm³/mol. The van der Waals surface area contributed by atoms with Crippen molar-refractivity contribution in [3.05, 3.63) is 28.5 Å². The van der Waals surface area contributed by atoms with Crippen molar-refractivity contribution >= 4 is 17.5 Å². The van der Waals surface area contributed by atoms with E-state index >= 15 is 0 Å². The van der Waals surface area contributed by atoms with Gasteiger partial charge in [-0.3, -0.25) is 9.63 Å². The number of carbonyl (C=O) groups is 1. The summed E-state index contributed by atoms with van der Waals surface area (Å²) in [4.78, 5) is 21.3. The fourth-order valence-corrected chi connectivity index (χ4v) is 1.55. The topological polar surface area (TPSA) is 51.2 Å². The second-order valence-corrected chi connectivity index (χ2v) is 6.34. The number of hydrogen-bond acceptors (Lipinski definition) is 3. The highest BCUT2D eigenvalue weighted by atomic mass is 35.5. The van der Waals surface area contributed by atoms with Gasteiger partial charge in [-0.15, -0.1) is 0 Å². The molecule has 0 saturated carbocycles. The molecule has 1 rings (SSSR count). The maximum absolute atomic E-state index is 11.9. The molecule has 0 aromatic carbocycles. The van der Waals surface area contributed by atoms with Gasteiger partial charge in [-0.1, -0.05) is 46.2 Å². The first-order valence-electron chi connectivity index (χ1n) is 6.30. The van der Waals surface area contributed by atoms with Crippen LogP contribution < -0.4 is 5.48 Å². The minimum atomic E-state index is -0.310. The Morgan fingerprint density at radius 2 is 2.05 bits per heavy atom. The van der Waals surface area contributed by atoms with E-state index in [4.69, 9.17) is 16.4 Å². The first kappa shape index (κ1) is 15.9. The lowest BCUT2D eigenvalue weighted by Crippen LogP contribution is -2.26. The molecule has 1 N–H and O–H groups in total. The molecule has 0 saturated heterocycles. The smallest absolute Gasteiger partial charge is 0.273 e. The van der Waals surface area contributed by atoms with Crippen molar-refractivity contribution in [2.24, 2.45) is 5.92 Å². The van der Waals surface area contributed by atoms with Crippen LogP contribution in [0.25, 0.3) is 0 Å². The van der Waals surface area contributed by atoms with Gasteiger partial charge in [-0.25, -0.2) is 10.5 Å². The molecule has 4 nitrogen and oxygen atoms in total. The van der Waals surface area contributed by atoms with Crippen LogP contribution in [-0.2, 0) is 10.3 Å². The zero-order chi connectivity index (χ0) is 14.6. The second-order valence-electron chi connectivity index (χ2n) is 5.95. The molecule has 0 aliphatic heterocycles. The van der Waals surface area contributed by atoms with Crippen molar-refractivity contribution in [2.45, 2.75) is 40.0 Å². The third-order valence-electron chi connectivity index (χ3n) is 2.41. The van der Waals surface area contributed by atoms with Gasteiger partial charge in [0.15, 0.2) is 0 Å². The first-order chi connectivity index (χ1) is 8.70. The van der Waals surface area contributed by atoms with E-state index in [1.807, 2.05) is 34.6 Å². The molecular formula is C14H21ClN2O2. The number of nitrogens with zero attached hydrogens (tertiary/aromatic N) is 1. The van der Waals surface area contributed by atoms with Gasteiger partial charge in [0.2, 0.25) is 0 Å². The molecule has 5 heteroatoms. The average molecular weight is 285 g/mol. The van der Waals surface area contributed by atoms with Crippen molar-refractivity contribution in [3.63, 3.8) is 0 Å². The standard InChI is InChI=1S/C14H21ClN2O2/c1-9(2)8-19-17-13(18)10-6-11(14(3,4)5)16-12(15)7-10/h6-7,9H,8H2,1-5H3,(H,17,18). The van der Waals surface area contributed by atoms with Gasteiger partial charge in [0.1, 0.15) is 5.15 Å². The maximum atomic E-state index is 11.9. The van der Waals surface area contributed by atoms with Crippen molar-refractivity contribution in [3.8, 4) is 0 Å². The van der Waals surface area contributed by atoms with Crippen molar-refractivity contribution < 1.29 is 9.63 Å². The quantitative estimate of drug-likeness (QED) is 0.681. The van der Waals surface area contributed by atoms with E-state index in [1.54, 1.807) is 6.07 Å². The van der Waals surface area contributed by atoms with Crippen molar-refractivity contribution in [1.82, 2.24) is 10.5 Å². The number of halogens is 1. The van der Waals surface area contributed by atoms with Crippen LogP contribution in [-0.4, -0.2) is 17.5 Å². The molecule has 0 bridgehead atoms. The van der Waals surface area contributed by atoms with Crippen LogP contribution in [0.15, 0.2) is 12.1 Å². The summed E-state index contributed by atoms with van der Waals surface area (Å²) in [6.45, 7) is 10.5. The molecule has 1 aromatic rings. The molecule has 1 heterocycles. The fourth-order valence-electron chi connectivity index (χ4n) is 1.35. The average Bonchev–Trinajstić information content (AvgIpc) is 2.26. The summed E-state index contributed by atoms with van der Waals surface area (Å²) in [5.41, 5.74) is 3.47. The Balaban J connectivity index is 2.83. The highest BCUT2D eigenvalue weighted by molar-refractivity contribution is 6.29. The van der Waals surface area contributed by atoms with E-state index in [2.05, 4.69) is 10.5 Å². The Labute approximate surface area is 119 Å². The van der Waals surface area contributed by atoms with Gasteiger partial charge < -0.3 is 0 Å². The van der Waals surface area contributed by atoms with Gasteiger partial charge in [0.25, 0.3) is 5.91 Å². The van der Waals surface area contributed by atoms with Gasteiger partial charge in [-0.05, 0) is 18.1 Å². The molecule has 0 fully saturated rings. The number of pyridine rings is 1. The zero-order valence-electron chi connectivity index (χ0n) is 12.1. The van der Waals surface area contributed by atoms with Crippen LogP contribution in [0, 0.1) is 5.92 Å². The van der Waals surface area contributed by atoms with Crippen LogP contribution in [0.4, 0.5) is 0 Å². The lowest BCUT2D eigenvalue weighted by molar-refractivity contribution is 0.0208. The van der Waals surface area contributed by atoms with E-state index in [0.29, 0.717) is 23.2 Å². The molecule has 0 spiro atoms. The van der Waals surface area contributed by atoms with Crippen LogP contribution in [0.3, 0.4) is 0 Å². The summed E-state index contributed by atoms with van der Waals surface area (Å²) in [5.74, 6) is 0.0434. The fraction of sp³-hybridized carbons (Fsp3) is 0.571. The van der Waals surface area contributed by atoms with Crippen LogP contribution in [0.5, 0.6) is 0 Å². The van der Waals surface area contributed by atoms with Gasteiger partial charge in [0.05, 0.1) is 6.61 Å². The van der Waals surface area contributed by atoms with Gasteiger partial charge in [0, 0.05) is 16.7 Å². The van der Waals surface area contributed by atoms with E-state index in [0.717, 1.165) is 5.69 Å². The molecule has 1 amide bonds. The number of carbonyl (C=O) groups excluding carboxylic acids is 1. The monoisotopic (exact) mass is 284 g/mol. The molecule has 0 atom stereocenters. The molecule has 106 valence electrons. The van der Waals surface area contributed by atoms with E-state index in [9.17, 15) is 4.79 Å². The Bertz CT molecular complexity index is 453. The lowest BCUT2D eigenvalue weighted by atomic mass is 9.91. The Hall–Kier alpha value is -1.13. The number of aromatic nitrogens is 1. The summed E-state index contributed by atoms with van der Waals surface area (Å²) in [6, 6.07) is 3.27.